The highest BCUT2D eigenvalue weighted by molar-refractivity contribution is 5.05. The van der Waals surface area contributed by atoms with Crippen LogP contribution in [0.15, 0.2) is 12.4 Å². The average Bonchev–Trinajstić information content (AvgIpc) is 2.74. The lowest BCUT2D eigenvalue weighted by Gasteiger charge is -2.36. The lowest BCUT2D eigenvalue weighted by molar-refractivity contribution is -0.0176. The molecule has 17 heavy (non-hydrogen) atoms. The molecule has 1 aliphatic rings. The molecule has 1 fully saturated rings. The highest BCUT2D eigenvalue weighted by Gasteiger charge is 2.32. The second kappa shape index (κ2) is 5.19. The maximum Gasteiger partial charge on any atom is 0.0663 e. The molecule has 4 nitrogen and oxygen atoms in total. The minimum absolute atomic E-state index is 0.382. The van der Waals surface area contributed by atoms with Gasteiger partial charge in [0.2, 0.25) is 0 Å². The summed E-state index contributed by atoms with van der Waals surface area (Å²) in [4.78, 5) is 0. The van der Waals surface area contributed by atoms with E-state index in [9.17, 15) is 5.11 Å². The fraction of sp³-hybridized carbons (Fsp3) is 0.769. The lowest BCUT2D eigenvalue weighted by Crippen LogP contribution is -2.44. The van der Waals surface area contributed by atoms with Crippen LogP contribution in [0.4, 0.5) is 0 Å². The summed E-state index contributed by atoms with van der Waals surface area (Å²) in [5.41, 5.74) is 0.639. The molecule has 0 spiro atoms. The highest BCUT2D eigenvalue weighted by atomic mass is 16.3. The summed E-state index contributed by atoms with van der Waals surface area (Å²) in [6, 6.07) is 0. The Morgan fingerprint density at radius 1 is 1.65 bits per heavy atom. The topological polar surface area (TPSA) is 50.1 Å². The fourth-order valence-corrected chi connectivity index (χ4v) is 2.59. The molecule has 2 atom stereocenters. The van der Waals surface area contributed by atoms with Gasteiger partial charge in [-0.2, -0.15) is 5.10 Å². The van der Waals surface area contributed by atoms with Crippen LogP contribution in [0.2, 0.25) is 0 Å². The molecule has 96 valence electrons. The van der Waals surface area contributed by atoms with Gasteiger partial charge in [0.15, 0.2) is 0 Å². The van der Waals surface area contributed by atoms with Gasteiger partial charge in [0.05, 0.1) is 11.8 Å². The Kier molecular flexibility index (Phi) is 3.84. The van der Waals surface area contributed by atoms with Crippen molar-refractivity contribution in [3.05, 3.63) is 18.0 Å². The summed E-state index contributed by atoms with van der Waals surface area (Å²) >= 11 is 0. The van der Waals surface area contributed by atoms with Crippen LogP contribution in [0.5, 0.6) is 0 Å². The van der Waals surface area contributed by atoms with Crippen LogP contribution in [-0.4, -0.2) is 33.6 Å². The number of aromatic nitrogens is 2. The molecular formula is C13H23N3O. The van der Waals surface area contributed by atoms with Crippen molar-refractivity contribution in [2.45, 2.75) is 38.2 Å². The monoisotopic (exact) mass is 237 g/mol. The zero-order chi connectivity index (χ0) is 12.3. The maximum absolute atomic E-state index is 10.5. The van der Waals surface area contributed by atoms with Gasteiger partial charge in [-0.15, -0.1) is 0 Å². The second-order valence-electron chi connectivity index (χ2n) is 5.42. The van der Waals surface area contributed by atoms with Crippen molar-refractivity contribution in [1.29, 1.82) is 0 Å². The number of nitrogens with zero attached hydrogens (tertiary/aromatic N) is 2. The summed E-state index contributed by atoms with van der Waals surface area (Å²) in [5, 5.41) is 18.1. The Morgan fingerprint density at radius 3 is 3.06 bits per heavy atom. The van der Waals surface area contributed by atoms with Gasteiger partial charge in [-0.3, -0.25) is 4.68 Å². The van der Waals surface area contributed by atoms with Gasteiger partial charge in [-0.1, -0.05) is 0 Å². The first-order valence-electron chi connectivity index (χ1n) is 6.48. The molecule has 0 aromatic carbocycles. The molecule has 1 aromatic heterocycles. The lowest BCUT2D eigenvalue weighted by atomic mass is 9.80. The number of nitrogens with one attached hydrogen (secondary N) is 1. The van der Waals surface area contributed by atoms with Crippen LogP contribution < -0.4 is 5.32 Å². The summed E-state index contributed by atoms with van der Waals surface area (Å²) in [7, 11) is 1.92. The van der Waals surface area contributed by atoms with Crippen molar-refractivity contribution in [2.24, 2.45) is 13.0 Å². The Hall–Kier alpha value is -0.870. The van der Waals surface area contributed by atoms with Crippen molar-refractivity contribution in [3.8, 4) is 0 Å². The first-order valence-corrected chi connectivity index (χ1v) is 6.48. The summed E-state index contributed by atoms with van der Waals surface area (Å²) in [6.45, 7) is 4.01. The van der Waals surface area contributed by atoms with Crippen LogP contribution in [0, 0.1) is 5.92 Å². The zero-order valence-corrected chi connectivity index (χ0v) is 10.8. The van der Waals surface area contributed by atoms with E-state index in [-0.39, 0.29) is 0 Å². The molecule has 2 N–H and O–H groups in total. The number of piperidine rings is 1. The molecule has 1 aliphatic heterocycles. The fourth-order valence-electron chi connectivity index (χ4n) is 2.59. The predicted octanol–water partition coefficient (Wildman–Crippen LogP) is 1.10. The van der Waals surface area contributed by atoms with E-state index in [4.69, 9.17) is 0 Å². The SMILES string of the molecule is Cn1cc(CCC(C)(O)C2CCCNC2)cn1. The zero-order valence-electron chi connectivity index (χ0n) is 10.8. The molecule has 2 heterocycles. The van der Waals surface area contributed by atoms with Crippen molar-refractivity contribution in [1.82, 2.24) is 15.1 Å². The smallest absolute Gasteiger partial charge is 0.0663 e. The van der Waals surface area contributed by atoms with Crippen LogP contribution in [0.25, 0.3) is 0 Å². The van der Waals surface area contributed by atoms with E-state index in [1.54, 1.807) is 0 Å². The average molecular weight is 237 g/mol. The second-order valence-corrected chi connectivity index (χ2v) is 5.42. The molecule has 4 heteroatoms. The van der Waals surface area contributed by atoms with Gasteiger partial charge < -0.3 is 10.4 Å². The maximum atomic E-state index is 10.5. The van der Waals surface area contributed by atoms with Gasteiger partial charge in [0.25, 0.3) is 0 Å². The molecule has 1 saturated heterocycles. The highest BCUT2D eigenvalue weighted by Crippen LogP contribution is 2.28. The minimum atomic E-state index is -0.566. The number of rotatable bonds is 4. The molecule has 2 rings (SSSR count). The van der Waals surface area contributed by atoms with Gasteiger partial charge >= 0.3 is 0 Å². The van der Waals surface area contributed by atoms with E-state index in [0.29, 0.717) is 5.92 Å². The molecule has 0 bridgehead atoms. The molecule has 0 saturated carbocycles. The molecule has 2 unspecified atom stereocenters. The predicted molar refractivity (Wildman–Crippen MR) is 67.7 cm³/mol. The number of aliphatic hydroxyl groups is 1. The third-order valence-electron chi connectivity index (χ3n) is 3.85. The van der Waals surface area contributed by atoms with Gasteiger partial charge in [0, 0.05) is 19.8 Å². The minimum Gasteiger partial charge on any atom is -0.390 e. The van der Waals surface area contributed by atoms with Crippen LogP contribution >= 0.6 is 0 Å². The largest absolute Gasteiger partial charge is 0.390 e. The number of hydrogen-bond donors (Lipinski definition) is 2. The van der Waals surface area contributed by atoms with E-state index in [1.165, 1.54) is 12.0 Å². The third-order valence-corrected chi connectivity index (χ3v) is 3.85. The van der Waals surface area contributed by atoms with Crippen LogP contribution in [0.1, 0.15) is 31.7 Å². The quantitative estimate of drug-likeness (QED) is 0.824. The normalized spacial score (nSPS) is 24.5. The van der Waals surface area contributed by atoms with E-state index >= 15 is 0 Å². The van der Waals surface area contributed by atoms with Crippen molar-refractivity contribution < 1.29 is 5.11 Å². The summed E-state index contributed by atoms with van der Waals surface area (Å²) in [5.74, 6) is 0.382. The van der Waals surface area contributed by atoms with E-state index < -0.39 is 5.60 Å². The molecule has 0 amide bonds. The van der Waals surface area contributed by atoms with Gasteiger partial charge in [0.1, 0.15) is 0 Å². The summed E-state index contributed by atoms with van der Waals surface area (Å²) < 4.78 is 1.81. The van der Waals surface area contributed by atoms with E-state index in [2.05, 4.69) is 10.4 Å². The van der Waals surface area contributed by atoms with E-state index in [0.717, 1.165) is 32.4 Å². The van der Waals surface area contributed by atoms with Gasteiger partial charge in [-0.05, 0) is 50.6 Å². The van der Waals surface area contributed by atoms with Crippen LogP contribution in [-0.2, 0) is 13.5 Å². The molecule has 0 aliphatic carbocycles. The number of hydrogen-bond acceptors (Lipinski definition) is 3. The Labute approximate surface area is 103 Å². The Bertz CT molecular complexity index is 353. The Balaban J connectivity index is 1.87. The van der Waals surface area contributed by atoms with E-state index in [1.807, 2.05) is 31.0 Å². The molecular weight excluding hydrogens is 214 g/mol. The molecule has 1 aromatic rings. The summed E-state index contributed by atoms with van der Waals surface area (Å²) in [6.07, 6.45) is 7.92. The standard InChI is InChI=1S/C13H23N3O/c1-13(17,12-4-3-7-14-9-12)6-5-11-8-15-16(2)10-11/h8,10,12,14,17H,3-7,9H2,1-2H3. The van der Waals surface area contributed by atoms with Gasteiger partial charge in [-0.25, -0.2) is 0 Å². The van der Waals surface area contributed by atoms with Crippen molar-refractivity contribution in [3.63, 3.8) is 0 Å². The van der Waals surface area contributed by atoms with Crippen molar-refractivity contribution in [2.75, 3.05) is 13.1 Å². The molecule has 0 radical (unpaired) electrons. The first-order chi connectivity index (χ1) is 8.08. The Morgan fingerprint density at radius 2 is 2.47 bits per heavy atom. The van der Waals surface area contributed by atoms with Crippen LogP contribution in [0.3, 0.4) is 0 Å². The number of aryl methyl sites for hydroxylation is 2. The third kappa shape index (κ3) is 3.30. The first kappa shape index (κ1) is 12.6. The van der Waals surface area contributed by atoms with Crippen molar-refractivity contribution >= 4 is 0 Å².